The summed E-state index contributed by atoms with van der Waals surface area (Å²) < 4.78 is 16.0. The summed E-state index contributed by atoms with van der Waals surface area (Å²) in [6, 6.07) is 21.3. The fourth-order valence-electron chi connectivity index (χ4n) is 3.57. The molecule has 1 aliphatic rings. The highest BCUT2D eigenvalue weighted by Crippen LogP contribution is 2.35. The number of nitrogens with zero attached hydrogens (tertiary/aromatic N) is 1. The summed E-state index contributed by atoms with van der Waals surface area (Å²) in [6.07, 6.45) is 0. The predicted molar refractivity (Wildman–Crippen MR) is 133 cm³/mol. The normalized spacial score (nSPS) is 11.9. The molecule has 8 heteroatoms. The number of methoxy groups -OCH3 is 1. The van der Waals surface area contributed by atoms with Crippen LogP contribution in [0.1, 0.15) is 5.56 Å². The first-order chi connectivity index (χ1) is 16.6. The monoisotopic (exact) mass is 473 g/mol. The molecule has 172 valence electrons. The number of rotatable bonds is 7. The molecule has 0 unspecified atom stereocenters. The lowest BCUT2D eigenvalue weighted by molar-refractivity contribution is -0.113. The molecular formula is C26H23N3O4S. The van der Waals surface area contributed by atoms with Crippen LogP contribution in [0.2, 0.25) is 0 Å². The zero-order valence-electron chi connectivity index (χ0n) is 18.8. The summed E-state index contributed by atoms with van der Waals surface area (Å²) >= 11 is 1.38. The number of anilines is 1. The maximum Gasteiger partial charge on any atom is 0.234 e. The molecule has 3 aromatic carbocycles. The number of imidazole rings is 1. The molecule has 0 atom stereocenters. The van der Waals surface area contributed by atoms with Gasteiger partial charge in [0.25, 0.3) is 0 Å². The van der Waals surface area contributed by atoms with Crippen molar-refractivity contribution in [2.45, 2.75) is 11.9 Å². The average Bonchev–Trinajstić information content (AvgIpc) is 3.50. The second-order valence-electron chi connectivity index (χ2n) is 7.76. The molecule has 1 aromatic heterocycles. The van der Waals surface area contributed by atoms with Gasteiger partial charge in [-0.1, -0.05) is 41.6 Å². The molecule has 0 spiro atoms. The van der Waals surface area contributed by atoms with E-state index in [1.807, 2.05) is 36.4 Å². The minimum absolute atomic E-state index is 0.135. The van der Waals surface area contributed by atoms with Gasteiger partial charge < -0.3 is 24.5 Å². The molecule has 7 nitrogen and oxygen atoms in total. The summed E-state index contributed by atoms with van der Waals surface area (Å²) in [7, 11) is 1.64. The van der Waals surface area contributed by atoms with Crippen molar-refractivity contribution in [2.24, 2.45) is 0 Å². The number of amides is 1. The molecule has 2 heterocycles. The lowest BCUT2D eigenvalue weighted by Crippen LogP contribution is -2.14. The first-order valence-corrected chi connectivity index (χ1v) is 11.7. The van der Waals surface area contributed by atoms with Gasteiger partial charge in [-0.2, -0.15) is 0 Å². The Kier molecular flexibility index (Phi) is 6.14. The second kappa shape index (κ2) is 9.52. The summed E-state index contributed by atoms with van der Waals surface area (Å²) in [5, 5.41) is 3.66. The van der Waals surface area contributed by atoms with Crippen LogP contribution < -0.4 is 19.5 Å². The van der Waals surface area contributed by atoms with Crippen molar-refractivity contribution in [2.75, 3.05) is 25.0 Å². The van der Waals surface area contributed by atoms with Crippen molar-refractivity contribution in [1.29, 1.82) is 0 Å². The van der Waals surface area contributed by atoms with E-state index in [4.69, 9.17) is 19.2 Å². The van der Waals surface area contributed by atoms with Crippen LogP contribution in [0.15, 0.2) is 71.8 Å². The molecule has 0 bridgehead atoms. The lowest BCUT2D eigenvalue weighted by Gasteiger charge is -2.07. The molecular weight excluding hydrogens is 450 g/mol. The molecule has 2 N–H and O–H groups in total. The van der Waals surface area contributed by atoms with Crippen LogP contribution in [0, 0.1) is 6.92 Å². The van der Waals surface area contributed by atoms with Gasteiger partial charge >= 0.3 is 0 Å². The average molecular weight is 474 g/mol. The number of ether oxygens (including phenoxy) is 3. The lowest BCUT2D eigenvalue weighted by atomic mass is 10.1. The van der Waals surface area contributed by atoms with E-state index in [-0.39, 0.29) is 18.5 Å². The van der Waals surface area contributed by atoms with Gasteiger partial charge in [-0.05, 0) is 43.3 Å². The maximum atomic E-state index is 12.7. The summed E-state index contributed by atoms with van der Waals surface area (Å²) in [4.78, 5) is 20.9. The van der Waals surface area contributed by atoms with Crippen LogP contribution in [0.5, 0.6) is 17.2 Å². The Morgan fingerprint density at radius 1 is 1.03 bits per heavy atom. The van der Waals surface area contributed by atoms with E-state index in [1.54, 1.807) is 25.3 Å². The van der Waals surface area contributed by atoms with Crippen molar-refractivity contribution in [1.82, 2.24) is 9.97 Å². The number of thioether (sulfide) groups is 1. The summed E-state index contributed by atoms with van der Waals surface area (Å²) in [5.41, 5.74) is 4.65. The number of benzene rings is 3. The van der Waals surface area contributed by atoms with E-state index in [0.717, 1.165) is 33.4 Å². The van der Waals surface area contributed by atoms with Crippen molar-refractivity contribution >= 4 is 23.4 Å². The van der Waals surface area contributed by atoms with Crippen molar-refractivity contribution in [3.8, 4) is 39.9 Å². The van der Waals surface area contributed by atoms with Crippen molar-refractivity contribution in [3.05, 3.63) is 72.3 Å². The third-order valence-corrected chi connectivity index (χ3v) is 6.35. The topological polar surface area (TPSA) is 85.5 Å². The SMILES string of the molecule is COc1ccc(-c2[nH]c(-c3ccc(C)cc3)nc2SCC(=O)Nc2ccc3c(c2)OCO3)cc1. The minimum Gasteiger partial charge on any atom is -0.497 e. The van der Waals surface area contributed by atoms with Crippen LogP contribution in [-0.2, 0) is 4.79 Å². The summed E-state index contributed by atoms with van der Waals surface area (Å²) in [6.45, 7) is 2.24. The molecule has 34 heavy (non-hydrogen) atoms. The van der Waals surface area contributed by atoms with Gasteiger partial charge in [0.2, 0.25) is 12.7 Å². The smallest absolute Gasteiger partial charge is 0.234 e. The van der Waals surface area contributed by atoms with Crippen molar-refractivity contribution < 1.29 is 19.0 Å². The van der Waals surface area contributed by atoms with E-state index in [0.29, 0.717) is 17.2 Å². The number of hydrogen-bond acceptors (Lipinski definition) is 6. The van der Waals surface area contributed by atoms with Gasteiger partial charge in [-0.3, -0.25) is 4.79 Å². The van der Waals surface area contributed by atoms with Crippen LogP contribution in [0.25, 0.3) is 22.6 Å². The van der Waals surface area contributed by atoms with Gasteiger partial charge in [0.1, 0.15) is 16.6 Å². The highest BCUT2D eigenvalue weighted by molar-refractivity contribution is 8.00. The molecule has 0 radical (unpaired) electrons. The Bertz CT molecular complexity index is 1320. The van der Waals surface area contributed by atoms with E-state index in [2.05, 4.69) is 29.4 Å². The Morgan fingerprint density at radius 2 is 1.76 bits per heavy atom. The summed E-state index contributed by atoms with van der Waals surface area (Å²) in [5.74, 6) is 2.91. The number of H-pyrrole nitrogens is 1. The molecule has 0 aliphatic carbocycles. The van der Waals surface area contributed by atoms with E-state index in [9.17, 15) is 4.79 Å². The van der Waals surface area contributed by atoms with Crippen molar-refractivity contribution in [3.63, 3.8) is 0 Å². The third kappa shape index (κ3) is 4.72. The van der Waals surface area contributed by atoms with Gasteiger partial charge in [0, 0.05) is 22.9 Å². The largest absolute Gasteiger partial charge is 0.497 e. The fourth-order valence-corrected chi connectivity index (χ4v) is 4.38. The van der Waals surface area contributed by atoms with E-state index < -0.39 is 0 Å². The zero-order chi connectivity index (χ0) is 23.5. The van der Waals surface area contributed by atoms with Crippen LogP contribution in [0.4, 0.5) is 5.69 Å². The zero-order valence-corrected chi connectivity index (χ0v) is 19.6. The van der Waals surface area contributed by atoms with Gasteiger partial charge in [0.05, 0.1) is 18.6 Å². The number of carbonyl (C=O) groups is 1. The quantitative estimate of drug-likeness (QED) is 0.344. The van der Waals surface area contributed by atoms with E-state index in [1.165, 1.54) is 17.3 Å². The van der Waals surface area contributed by atoms with Gasteiger partial charge in [0.15, 0.2) is 11.5 Å². The first kappa shape index (κ1) is 21.9. The molecule has 1 amide bonds. The number of carbonyl (C=O) groups excluding carboxylic acids is 1. The number of aryl methyl sites for hydroxylation is 1. The molecule has 4 aromatic rings. The second-order valence-corrected chi connectivity index (χ2v) is 8.73. The standard InChI is InChI=1S/C26H23N3O4S/c1-16-3-5-18(6-4-16)25-28-24(17-7-10-20(31-2)11-8-17)26(29-25)34-14-23(30)27-19-9-12-21-22(13-19)33-15-32-21/h3-13H,14-15H2,1-2H3,(H,27,30)(H,28,29). The first-order valence-electron chi connectivity index (χ1n) is 10.7. The number of hydrogen-bond donors (Lipinski definition) is 2. The Balaban J connectivity index is 1.36. The molecule has 0 fully saturated rings. The highest BCUT2D eigenvalue weighted by Gasteiger charge is 2.17. The predicted octanol–water partition coefficient (Wildman–Crippen LogP) is 5.52. The molecule has 0 saturated heterocycles. The van der Waals surface area contributed by atoms with Crippen LogP contribution >= 0.6 is 11.8 Å². The Hall–Kier alpha value is -3.91. The number of aromatic nitrogens is 2. The molecule has 1 aliphatic heterocycles. The van der Waals surface area contributed by atoms with Gasteiger partial charge in [-0.25, -0.2) is 4.98 Å². The number of aromatic amines is 1. The number of fused-ring (bicyclic) bond motifs is 1. The maximum absolute atomic E-state index is 12.7. The van der Waals surface area contributed by atoms with E-state index >= 15 is 0 Å². The minimum atomic E-state index is -0.135. The molecule has 5 rings (SSSR count). The third-order valence-electron chi connectivity index (χ3n) is 5.37. The highest BCUT2D eigenvalue weighted by atomic mass is 32.2. The van der Waals surface area contributed by atoms with Gasteiger partial charge in [-0.15, -0.1) is 0 Å². The number of nitrogens with one attached hydrogen (secondary N) is 2. The molecule has 0 saturated carbocycles. The Morgan fingerprint density at radius 3 is 2.53 bits per heavy atom. The fraction of sp³-hybridized carbons (Fsp3) is 0.154. The Labute approximate surface area is 201 Å². The van der Waals surface area contributed by atoms with Crippen LogP contribution in [-0.4, -0.2) is 35.5 Å². The van der Waals surface area contributed by atoms with Crippen LogP contribution in [0.3, 0.4) is 0 Å².